The summed E-state index contributed by atoms with van der Waals surface area (Å²) in [7, 11) is 0. The van der Waals surface area contributed by atoms with E-state index < -0.39 is 23.9 Å². The van der Waals surface area contributed by atoms with Gasteiger partial charge in [-0.2, -0.15) is 0 Å². The lowest BCUT2D eigenvalue weighted by atomic mass is 10.2. The van der Waals surface area contributed by atoms with Crippen LogP contribution in [0.4, 0.5) is 0 Å². The highest BCUT2D eigenvalue weighted by Crippen LogP contribution is 2.00. The fourth-order valence-corrected chi connectivity index (χ4v) is 1.44. The predicted octanol–water partition coefficient (Wildman–Crippen LogP) is -0.352. The molecule has 1 aromatic carbocycles. The third-order valence-electron chi connectivity index (χ3n) is 2.44. The van der Waals surface area contributed by atoms with Crippen molar-refractivity contribution in [1.82, 2.24) is 5.32 Å². The second-order valence-corrected chi connectivity index (χ2v) is 4.09. The zero-order valence-electron chi connectivity index (χ0n) is 10.7. The average molecular weight is 280 g/mol. The maximum Gasteiger partial charge on any atom is 0.321 e. The minimum Gasteiger partial charge on any atom is -0.480 e. The number of rotatable bonds is 8. The first-order chi connectivity index (χ1) is 9.49. The van der Waals surface area contributed by atoms with Gasteiger partial charge in [0.05, 0.1) is 13.0 Å². The molecule has 1 rings (SSSR count). The van der Waals surface area contributed by atoms with Crippen molar-refractivity contribution < 1.29 is 24.2 Å². The van der Waals surface area contributed by atoms with Gasteiger partial charge in [0.1, 0.15) is 12.6 Å². The van der Waals surface area contributed by atoms with Crippen molar-refractivity contribution in [3.63, 3.8) is 0 Å². The standard InChI is InChI=1S/C13H16N2O5/c14-11(16)6-10(13(18)19)15-7-12(17)20-8-9-4-2-1-3-5-9/h1-5,10,15H,6-8H2,(H2,14,16)(H,18,19)/t10-/m0/s1. The molecular weight excluding hydrogens is 264 g/mol. The molecule has 0 aliphatic heterocycles. The number of benzene rings is 1. The van der Waals surface area contributed by atoms with Crippen LogP contribution in [0.1, 0.15) is 12.0 Å². The van der Waals surface area contributed by atoms with Crippen LogP contribution >= 0.6 is 0 Å². The van der Waals surface area contributed by atoms with Gasteiger partial charge in [-0.1, -0.05) is 30.3 Å². The maximum atomic E-state index is 11.4. The van der Waals surface area contributed by atoms with Gasteiger partial charge in [0.25, 0.3) is 0 Å². The SMILES string of the molecule is NC(=O)C[C@H](NCC(=O)OCc1ccccc1)C(=O)O. The Bertz CT molecular complexity index is 475. The molecule has 108 valence electrons. The van der Waals surface area contributed by atoms with Crippen LogP contribution < -0.4 is 11.1 Å². The molecule has 0 bridgehead atoms. The van der Waals surface area contributed by atoms with Crippen LogP contribution in [0.5, 0.6) is 0 Å². The van der Waals surface area contributed by atoms with Crippen LogP contribution in [0.2, 0.25) is 0 Å². The summed E-state index contributed by atoms with van der Waals surface area (Å²) in [4.78, 5) is 32.9. The van der Waals surface area contributed by atoms with Crippen LogP contribution in [-0.2, 0) is 25.7 Å². The molecular formula is C13H16N2O5. The van der Waals surface area contributed by atoms with E-state index in [4.69, 9.17) is 15.6 Å². The number of hydrogen-bond acceptors (Lipinski definition) is 5. The number of carboxylic acid groups (broad SMARTS) is 1. The summed E-state index contributed by atoms with van der Waals surface area (Å²) in [6.07, 6.45) is -0.388. The number of ether oxygens (including phenoxy) is 1. The monoisotopic (exact) mass is 280 g/mol. The van der Waals surface area contributed by atoms with Crippen molar-refractivity contribution in [2.75, 3.05) is 6.54 Å². The molecule has 0 unspecified atom stereocenters. The number of aliphatic carboxylic acids is 1. The summed E-state index contributed by atoms with van der Waals surface area (Å²) in [5.74, 6) is -2.62. The second kappa shape index (κ2) is 7.90. The van der Waals surface area contributed by atoms with Crippen molar-refractivity contribution >= 4 is 17.8 Å². The molecule has 1 aromatic rings. The Morgan fingerprint density at radius 3 is 2.45 bits per heavy atom. The minimum atomic E-state index is -1.25. The zero-order valence-corrected chi connectivity index (χ0v) is 10.7. The molecule has 0 spiro atoms. The highest BCUT2D eigenvalue weighted by atomic mass is 16.5. The molecule has 0 fully saturated rings. The van der Waals surface area contributed by atoms with Crippen molar-refractivity contribution in [3.05, 3.63) is 35.9 Å². The van der Waals surface area contributed by atoms with Crippen molar-refractivity contribution in [3.8, 4) is 0 Å². The smallest absolute Gasteiger partial charge is 0.321 e. The molecule has 0 radical (unpaired) electrons. The van der Waals surface area contributed by atoms with Gasteiger partial charge < -0.3 is 15.6 Å². The van der Waals surface area contributed by atoms with E-state index >= 15 is 0 Å². The lowest BCUT2D eigenvalue weighted by Crippen LogP contribution is -2.42. The van der Waals surface area contributed by atoms with Gasteiger partial charge in [-0.05, 0) is 5.56 Å². The number of esters is 1. The van der Waals surface area contributed by atoms with E-state index in [1.54, 1.807) is 12.1 Å². The van der Waals surface area contributed by atoms with E-state index in [-0.39, 0.29) is 19.6 Å². The lowest BCUT2D eigenvalue weighted by molar-refractivity contribution is -0.145. The van der Waals surface area contributed by atoms with Crippen LogP contribution in [0.3, 0.4) is 0 Å². The average Bonchev–Trinajstić information content (AvgIpc) is 2.41. The summed E-state index contributed by atoms with van der Waals surface area (Å²) in [5, 5.41) is 11.2. The molecule has 0 saturated heterocycles. The number of nitrogens with one attached hydrogen (secondary N) is 1. The Kier molecular flexibility index (Phi) is 6.18. The minimum absolute atomic E-state index is 0.106. The third kappa shape index (κ3) is 5.96. The van der Waals surface area contributed by atoms with Crippen LogP contribution in [-0.4, -0.2) is 35.5 Å². The molecule has 1 amide bonds. The summed E-state index contributed by atoms with van der Waals surface area (Å²) in [6, 6.07) is 7.87. The topological polar surface area (TPSA) is 119 Å². The van der Waals surface area contributed by atoms with Gasteiger partial charge in [0.2, 0.25) is 5.91 Å². The number of carboxylic acids is 1. The molecule has 0 saturated carbocycles. The van der Waals surface area contributed by atoms with E-state index in [9.17, 15) is 14.4 Å². The van der Waals surface area contributed by atoms with Crippen molar-refractivity contribution in [2.24, 2.45) is 5.73 Å². The third-order valence-corrected chi connectivity index (χ3v) is 2.44. The van der Waals surface area contributed by atoms with E-state index in [1.807, 2.05) is 18.2 Å². The maximum absolute atomic E-state index is 11.4. The van der Waals surface area contributed by atoms with Gasteiger partial charge in [-0.25, -0.2) is 0 Å². The largest absolute Gasteiger partial charge is 0.480 e. The number of carbonyl (C=O) groups excluding carboxylic acids is 2. The molecule has 0 aliphatic carbocycles. The van der Waals surface area contributed by atoms with Gasteiger partial charge in [0.15, 0.2) is 0 Å². The normalized spacial score (nSPS) is 11.6. The zero-order chi connectivity index (χ0) is 15.0. The van der Waals surface area contributed by atoms with Gasteiger partial charge in [0, 0.05) is 0 Å². The Hall–Kier alpha value is -2.41. The highest BCUT2D eigenvalue weighted by Gasteiger charge is 2.20. The van der Waals surface area contributed by atoms with Crippen molar-refractivity contribution in [1.29, 1.82) is 0 Å². The summed E-state index contributed by atoms with van der Waals surface area (Å²) in [5.41, 5.74) is 5.74. The first-order valence-electron chi connectivity index (χ1n) is 5.93. The Balaban J connectivity index is 2.34. The number of amides is 1. The molecule has 1 atom stereocenters. The Morgan fingerprint density at radius 2 is 1.90 bits per heavy atom. The van der Waals surface area contributed by atoms with Gasteiger partial charge >= 0.3 is 11.9 Å². The molecule has 20 heavy (non-hydrogen) atoms. The highest BCUT2D eigenvalue weighted by molar-refractivity contribution is 5.84. The number of carbonyl (C=O) groups is 3. The Morgan fingerprint density at radius 1 is 1.25 bits per heavy atom. The number of nitrogens with two attached hydrogens (primary N) is 1. The summed E-state index contributed by atoms with van der Waals surface area (Å²) in [6.45, 7) is -0.202. The van der Waals surface area contributed by atoms with E-state index in [2.05, 4.69) is 5.32 Å². The predicted molar refractivity (Wildman–Crippen MR) is 69.5 cm³/mol. The van der Waals surface area contributed by atoms with Gasteiger partial charge in [-0.3, -0.25) is 19.7 Å². The van der Waals surface area contributed by atoms with Crippen LogP contribution in [0.25, 0.3) is 0 Å². The quantitative estimate of drug-likeness (QED) is 0.560. The molecule has 0 heterocycles. The fraction of sp³-hybridized carbons (Fsp3) is 0.308. The van der Waals surface area contributed by atoms with Crippen molar-refractivity contribution in [2.45, 2.75) is 19.1 Å². The summed E-state index contributed by atoms with van der Waals surface area (Å²) < 4.78 is 4.95. The Labute approximate surface area is 115 Å². The fourth-order valence-electron chi connectivity index (χ4n) is 1.44. The second-order valence-electron chi connectivity index (χ2n) is 4.09. The lowest BCUT2D eigenvalue weighted by Gasteiger charge is -2.12. The van der Waals surface area contributed by atoms with E-state index in [0.29, 0.717) is 0 Å². The number of primary amides is 1. The van der Waals surface area contributed by atoms with Gasteiger partial charge in [-0.15, -0.1) is 0 Å². The number of hydrogen-bond donors (Lipinski definition) is 3. The van der Waals surface area contributed by atoms with Crippen LogP contribution in [0, 0.1) is 0 Å². The molecule has 4 N–H and O–H groups in total. The van der Waals surface area contributed by atoms with Crippen LogP contribution in [0.15, 0.2) is 30.3 Å². The first kappa shape index (κ1) is 15.6. The van der Waals surface area contributed by atoms with E-state index in [1.165, 1.54) is 0 Å². The molecule has 0 aromatic heterocycles. The molecule has 0 aliphatic rings. The summed E-state index contributed by atoms with van der Waals surface area (Å²) >= 11 is 0. The van der Waals surface area contributed by atoms with E-state index in [0.717, 1.165) is 5.56 Å². The first-order valence-corrected chi connectivity index (χ1v) is 5.93. The molecule has 7 nitrogen and oxygen atoms in total. The molecule has 7 heteroatoms.